The van der Waals surface area contributed by atoms with Crippen molar-refractivity contribution in [2.24, 2.45) is 5.92 Å². The molecular formula is C25H48. The summed E-state index contributed by atoms with van der Waals surface area (Å²) in [6, 6.07) is 0. The van der Waals surface area contributed by atoms with Gasteiger partial charge in [-0.05, 0) is 25.2 Å². The maximum absolute atomic E-state index is 3.83. The van der Waals surface area contributed by atoms with Gasteiger partial charge in [-0.3, -0.25) is 0 Å². The number of hydrogen-bond donors (Lipinski definition) is 0. The normalized spacial score (nSPS) is 12.7. The van der Waals surface area contributed by atoms with Gasteiger partial charge in [-0.25, -0.2) is 0 Å². The summed E-state index contributed by atoms with van der Waals surface area (Å²) in [6.07, 6.45) is 32.4. The largest absolute Gasteiger partial charge is 0.103 e. The van der Waals surface area contributed by atoms with Crippen LogP contribution in [0.1, 0.15) is 129 Å². The highest BCUT2D eigenvalue weighted by molar-refractivity contribution is 4.87. The van der Waals surface area contributed by atoms with Gasteiger partial charge in [0.2, 0.25) is 0 Å². The number of hydrogen-bond acceptors (Lipinski definition) is 0. The van der Waals surface area contributed by atoms with E-state index in [-0.39, 0.29) is 0 Å². The molecule has 0 amide bonds. The van der Waals surface area contributed by atoms with E-state index in [2.05, 4.69) is 32.6 Å². The van der Waals surface area contributed by atoms with Gasteiger partial charge in [0.1, 0.15) is 0 Å². The highest BCUT2D eigenvalue weighted by atomic mass is 14.0. The molecule has 0 aromatic heterocycles. The lowest BCUT2D eigenvalue weighted by Gasteiger charge is -2.03. The van der Waals surface area contributed by atoms with Gasteiger partial charge in [-0.2, -0.15) is 0 Å². The van der Waals surface area contributed by atoms with Crippen molar-refractivity contribution in [1.82, 2.24) is 0 Å². The van der Waals surface area contributed by atoms with Crippen molar-refractivity contribution in [2.45, 2.75) is 129 Å². The second-order valence-electron chi connectivity index (χ2n) is 8.01. The molecule has 0 aromatic rings. The molecule has 25 heavy (non-hydrogen) atoms. The third-order valence-electron chi connectivity index (χ3n) is 5.30. The van der Waals surface area contributed by atoms with Gasteiger partial charge in [-0.1, -0.05) is 128 Å². The molecule has 0 heterocycles. The summed E-state index contributed by atoms with van der Waals surface area (Å²) in [6.45, 7) is 8.35. The van der Waals surface area contributed by atoms with E-state index in [0.717, 1.165) is 6.42 Å². The first-order valence-corrected chi connectivity index (χ1v) is 11.6. The summed E-state index contributed by atoms with van der Waals surface area (Å²) in [7, 11) is 0. The fraction of sp³-hybridized carbons (Fsp3) is 0.840. The van der Waals surface area contributed by atoms with Crippen LogP contribution in [-0.2, 0) is 0 Å². The van der Waals surface area contributed by atoms with Gasteiger partial charge in [0, 0.05) is 0 Å². The minimum atomic E-state index is 0.627. The Labute approximate surface area is 160 Å². The van der Waals surface area contributed by atoms with Crippen LogP contribution in [0.15, 0.2) is 24.8 Å². The molecular weight excluding hydrogens is 300 g/mol. The second-order valence-corrected chi connectivity index (χ2v) is 8.01. The van der Waals surface area contributed by atoms with Crippen LogP contribution in [0.4, 0.5) is 0 Å². The predicted octanol–water partition coefficient (Wildman–Crippen LogP) is 9.41. The first kappa shape index (κ1) is 24.5. The van der Waals surface area contributed by atoms with Crippen LogP contribution in [0.2, 0.25) is 0 Å². The van der Waals surface area contributed by atoms with Gasteiger partial charge in [0.25, 0.3) is 0 Å². The zero-order valence-electron chi connectivity index (χ0n) is 17.7. The van der Waals surface area contributed by atoms with Crippen molar-refractivity contribution >= 4 is 0 Å². The predicted molar refractivity (Wildman–Crippen MR) is 117 cm³/mol. The molecule has 0 bridgehead atoms. The molecule has 0 aliphatic heterocycles. The Bertz CT molecular complexity index is 276. The maximum atomic E-state index is 3.83. The zero-order chi connectivity index (χ0) is 18.4. The third kappa shape index (κ3) is 21.4. The smallest absolute Gasteiger partial charge is 0.0230 e. The number of rotatable bonds is 20. The van der Waals surface area contributed by atoms with E-state index in [1.807, 2.05) is 6.08 Å². The maximum Gasteiger partial charge on any atom is -0.0230 e. The SMILES string of the molecule is C=CC(C)CC=CCCCCCCCCCCCCCCCCCC. The molecule has 0 saturated heterocycles. The van der Waals surface area contributed by atoms with E-state index >= 15 is 0 Å². The van der Waals surface area contributed by atoms with Crippen molar-refractivity contribution in [1.29, 1.82) is 0 Å². The van der Waals surface area contributed by atoms with E-state index in [1.165, 1.54) is 109 Å². The molecule has 0 spiro atoms. The van der Waals surface area contributed by atoms with Crippen LogP contribution in [-0.4, -0.2) is 0 Å². The lowest BCUT2D eigenvalue weighted by molar-refractivity contribution is 0.530. The minimum absolute atomic E-state index is 0.627. The van der Waals surface area contributed by atoms with Crippen LogP contribution in [0, 0.1) is 5.92 Å². The summed E-state index contributed by atoms with van der Waals surface area (Å²) in [5.74, 6) is 0.627. The number of unbranched alkanes of at least 4 members (excludes halogenated alkanes) is 16. The monoisotopic (exact) mass is 348 g/mol. The van der Waals surface area contributed by atoms with Gasteiger partial charge < -0.3 is 0 Å². The Morgan fingerprint density at radius 3 is 1.40 bits per heavy atom. The van der Waals surface area contributed by atoms with Crippen LogP contribution in [0.25, 0.3) is 0 Å². The fourth-order valence-corrected chi connectivity index (χ4v) is 3.34. The Hall–Kier alpha value is -0.520. The Kier molecular flexibility index (Phi) is 21.1. The standard InChI is InChI=1S/C25H48/c1-4-6-7-8-9-10-11-12-13-14-15-16-17-18-19-20-21-22-23-24-25(3)5-2/h5,22-23,25H,2,4,6-21,24H2,1,3H3. The Morgan fingerprint density at radius 2 is 1.00 bits per heavy atom. The molecule has 0 aliphatic rings. The average molecular weight is 349 g/mol. The Balaban J connectivity index is 3.06. The quantitative estimate of drug-likeness (QED) is 0.152. The van der Waals surface area contributed by atoms with Gasteiger partial charge >= 0.3 is 0 Å². The molecule has 0 N–H and O–H groups in total. The van der Waals surface area contributed by atoms with Crippen molar-refractivity contribution in [2.75, 3.05) is 0 Å². The molecule has 0 rings (SSSR count). The van der Waals surface area contributed by atoms with Gasteiger partial charge in [-0.15, -0.1) is 6.58 Å². The fourth-order valence-electron chi connectivity index (χ4n) is 3.34. The molecule has 0 saturated carbocycles. The van der Waals surface area contributed by atoms with E-state index in [9.17, 15) is 0 Å². The zero-order valence-corrected chi connectivity index (χ0v) is 17.7. The Morgan fingerprint density at radius 1 is 0.600 bits per heavy atom. The molecule has 1 unspecified atom stereocenters. The van der Waals surface area contributed by atoms with E-state index in [0.29, 0.717) is 5.92 Å². The summed E-state index contributed by atoms with van der Waals surface area (Å²) in [5, 5.41) is 0. The highest BCUT2D eigenvalue weighted by Crippen LogP contribution is 2.14. The van der Waals surface area contributed by atoms with E-state index in [4.69, 9.17) is 0 Å². The number of allylic oxidation sites excluding steroid dienone is 3. The topological polar surface area (TPSA) is 0 Å². The molecule has 0 nitrogen and oxygen atoms in total. The van der Waals surface area contributed by atoms with Crippen LogP contribution >= 0.6 is 0 Å². The molecule has 1 atom stereocenters. The average Bonchev–Trinajstić information content (AvgIpc) is 2.63. The van der Waals surface area contributed by atoms with Gasteiger partial charge in [0.15, 0.2) is 0 Å². The van der Waals surface area contributed by atoms with Crippen molar-refractivity contribution < 1.29 is 0 Å². The molecule has 0 aromatic carbocycles. The van der Waals surface area contributed by atoms with Crippen molar-refractivity contribution in [3.8, 4) is 0 Å². The lowest BCUT2D eigenvalue weighted by Crippen LogP contribution is -1.84. The van der Waals surface area contributed by atoms with Gasteiger partial charge in [0.05, 0.1) is 0 Å². The highest BCUT2D eigenvalue weighted by Gasteiger charge is 1.94. The van der Waals surface area contributed by atoms with Crippen LogP contribution in [0.5, 0.6) is 0 Å². The van der Waals surface area contributed by atoms with E-state index in [1.54, 1.807) is 0 Å². The van der Waals surface area contributed by atoms with Crippen LogP contribution < -0.4 is 0 Å². The lowest BCUT2D eigenvalue weighted by atomic mass is 10.0. The molecule has 0 radical (unpaired) electrons. The molecule has 148 valence electrons. The minimum Gasteiger partial charge on any atom is -0.103 e. The van der Waals surface area contributed by atoms with E-state index < -0.39 is 0 Å². The summed E-state index contributed by atoms with van der Waals surface area (Å²) < 4.78 is 0. The first-order chi connectivity index (χ1) is 12.3. The summed E-state index contributed by atoms with van der Waals surface area (Å²) in [5.41, 5.74) is 0. The van der Waals surface area contributed by atoms with Crippen LogP contribution in [0.3, 0.4) is 0 Å². The van der Waals surface area contributed by atoms with Crippen molar-refractivity contribution in [3.63, 3.8) is 0 Å². The third-order valence-corrected chi connectivity index (χ3v) is 5.30. The molecule has 0 heteroatoms. The summed E-state index contributed by atoms with van der Waals surface area (Å²) in [4.78, 5) is 0. The van der Waals surface area contributed by atoms with Crippen molar-refractivity contribution in [3.05, 3.63) is 24.8 Å². The molecule has 0 aliphatic carbocycles. The first-order valence-electron chi connectivity index (χ1n) is 11.6. The second kappa shape index (κ2) is 21.5. The molecule has 0 fully saturated rings. The summed E-state index contributed by atoms with van der Waals surface area (Å²) >= 11 is 0.